The van der Waals surface area contributed by atoms with E-state index in [9.17, 15) is 4.79 Å². The highest BCUT2D eigenvalue weighted by Crippen LogP contribution is 2.05. The molecule has 2 atom stereocenters. The minimum atomic E-state index is -0.145. The molecule has 2 rings (SSSR count). The minimum Gasteiger partial charge on any atom is -0.379 e. The van der Waals surface area contributed by atoms with Crippen LogP contribution < -0.4 is 10.6 Å². The quantitative estimate of drug-likeness (QED) is 0.615. The van der Waals surface area contributed by atoms with Gasteiger partial charge in [0.15, 0.2) is 6.29 Å². The summed E-state index contributed by atoms with van der Waals surface area (Å²) in [5.74, 6) is 0. The van der Waals surface area contributed by atoms with Crippen molar-refractivity contribution < 1.29 is 9.53 Å². The number of morpholine rings is 1. The molecule has 2 unspecified atom stereocenters. The normalized spacial score (nSPS) is 29.9. The highest BCUT2D eigenvalue weighted by atomic mass is 16.5. The van der Waals surface area contributed by atoms with E-state index in [4.69, 9.17) is 4.74 Å². The van der Waals surface area contributed by atoms with E-state index in [2.05, 4.69) is 15.5 Å². The lowest BCUT2D eigenvalue weighted by Gasteiger charge is -2.35. The van der Waals surface area contributed by atoms with Gasteiger partial charge in [0.25, 0.3) is 0 Å². The van der Waals surface area contributed by atoms with Crippen molar-refractivity contribution in [2.24, 2.45) is 0 Å². The maximum Gasteiger partial charge on any atom is 0.151 e. The van der Waals surface area contributed by atoms with Crippen molar-refractivity contribution in [3.63, 3.8) is 0 Å². The van der Waals surface area contributed by atoms with Gasteiger partial charge < -0.3 is 14.8 Å². The van der Waals surface area contributed by atoms with Crippen LogP contribution in [0.15, 0.2) is 0 Å². The molecule has 2 heterocycles. The lowest BCUT2D eigenvalue weighted by molar-refractivity contribution is -0.115. The summed E-state index contributed by atoms with van der Waals surface area (Å²) in [5.41, 5.74) is 0. The van der Waals surface area contributed by atoms with Crippen LogP contribution in [-0.4, -0.2) is 62.8 Å². The number of carbonyl (C=O) groups excluding carboxylic acids is 1. The first kappa shape index (κ1) is 12.0. The van der Waals surface area contributed by atoms with E-state index in [0.29, 0.717) is 6.04 Å². The number of aldehydes is 1. The van der Waals surface area contributed by atoms with Crippen molar-refractivity contribution in [2.45, 2.75) is 25.0 Å². The van der Waals surface area contributed by atoms with E-state index in [1.54, 1.807) is 0 Å². The molecule has 0 spiro atoms. The first-order chi connectivity index (χ1) is 7.90. The van der Waals surface area contributed by atoms with Gasteiger partial charge >= 0.3 is 0 Å². The van der Waals surface area contributed by atoms with Gasteiger partial charge in [0.2, 0.25) is 0 Å². The monoisotopic (exact) mass is 227 g/mol. The average molecular weight is 227 g/mol. The fraction of sp³-hybridized carbons (Fsp3) is 0.909. The van der Waals surface area contributed by atoms with E-state index >= 15 is 0 Å². The Morgan fingerprint density at radius 3 is 2.88 bits per heavy atom. The fourth-order valence-corrected chi connectivity index (χ4v) is 2.32. The number of carbonyl (C=O) groups is 1. The molecule has 16 heavy (non-hydrogen) atoms. The van der Waals surface area contributed by atoms with Gasteiger partial charge in [-0.1, -0.05) is 0 Å². The summed E-state index contributed by atoms with van der Waals surface area (Å²) in [5, 5.41) is 6.76. The zero-order valence-corrected chi connectivity index (χ0v) is 9.65. The molecule has 2 aliphatic rings. The standard InChI is InChI=1S/C11H21N3O2/c15-9-11(14-4-6-16-7-5-14)13-10-2-1-3-12-8-10/h9-13H,1-8H2. The first-order valence-corrected chi connectivity index (χ1v) is 6.14. The third kappa shape index (κ3) is 3.25. The summed E-state index contributed by atoms with van der Waals surface area (Å²) in [6.45, 7) is 5.22. The molecule has 0 aromatic rings. The van der Waals surface area contributed by atoms with Crippen LogP contribution in [0.3, 0.4) is 0 Å². The van der Waals surface area contributed by atoms with E-state index in [1.807, 2.05) is 0 Å². The van der Waals surface area contributed by atoms with Crippen molar-refractivity contribution in [1.82, 2.24) is 15.5 Å². The SMILES string of the molecule is O=CC(NC1CCCNC1)N1CCOCC1. The molecule has 0 amide bonds. The highest BCUT2D eigenvalue weighted by molar-refractivity contribution is 5.57. The van der Waals surface area contributed by atoms with Crippen molar-refractivity contribution in [3.8, 4) is 0 Å². The summed E-state index contributed by atoms with van der Waals surface area (Å²) >= 11 is 0. The topological polar surface area (TPSA) is 53.6 Å². The molecule has 5 heteroatoms. The highest BCUT2D eigenvalue weighted by Gasteiger charge is 2.23. The van der Waals surface area contributed by atoms with Crippen LogP contribution in [-0.2, 0) is 9.53 Å². The second kappa shape index (κ2) is 6.30. The lowest BCUT2D eigenvalue weighted by atomic mass is 10.1. The van der Waals surface area contributed by atoms with Gasteiger partial charge in [0, 0.05) is 25.7 Å². The number of nitrogens with zero attached hydrogens (tertiary/aromatic N) is 1. The van der Waals surface area contributed by atoms with E-state index in [1.165, 1.54) is 6.42 Å². The second-order valence-electron chi connectivity index (χ2n) is 4.44. The van der Waals surface area contributed by atoms with Crippen LogP contribution in [0.5, 0.6) is 0 Å². The number of rotatable bonds is 4. The predicted octanol–water partition coefficient (Wildman–Crippen LogP) is -0.815. The van der Waals surface area contributed by atoms with Crippen molar-refractivity contribution >= 4 is 6.29 Å². The van der Waals surface area contributed by atoms with Crippen LogP contribution in [0.4, 0.5) is 0 Å². The van der Waals surface area contributed by atoms with Crippen molar-refractivity contribution in [3.05, 3.63) is 0 Å². The maximum absolute atomic E-state index is 11.1. The van der Waals surface area contributed by atoms with Gasteiger partial charge in [0.1, 0.15) is 6.17 Å². The van der Waals surface area contributed by atoms with Crippen LogP contribution in [0.2, 0.25) is 0 Å². The Kier molecular flexibility index (Phi) is 4.71. The lowest BCUT2D eigenvalue weighted by Crippen LogP contribution is -2.57. The molecule has 5 nitrogen and oxygen atoms in total. The number of piperidine rings is 1. The summed E-state index contributed by atoms with van der Waals surface area (Å²) < 4.78 is 5.29. The molecule has 0 aromatic heterocycles. The zero-order chi connectivity index (χ0) is 11.2. The van der Waals surface area contributed by atoms with E-state index in [0.717, 1.165) is 52.1 Å². The molecule has 0 aromatic carbocycles. The molecule has 2 saturated heterocycles. The summed E-state index contributed by atoms with van der Waals surface area (Å²) in [7, 11) is 0. The molecule has 0 radical (unpaired) electrons. The Labute approximate surface area is 96.5 Å². The third-order valence-corrected chi connectivity index (χ3v) is 3.27. The Morgan fingerprint density at radius 2 is 2.25 bits per heavy atom. The van der Waals surface area contributed by atoms with Crippen LogP contribution in [0.25, 0.3) is 0 Å². The average Bonchev–Trinajstić information content (AvgIpc) is 2.38. The van der Waals surface area contributed by atoms with Crippen molar-refractivity contribution in [1.29, 1.82) is 0 Å². The zero-order valence-electron chi connectivity index (χ0n) is 9.65. The van der Waals surface area contributed by atoms with Gasteiger partial charge in [-0.15, -0.1) is 0 Å². The second-order valence-corrected chi connectivity index (χ2v) is 4.44. The number of hydrogen-bond donors (Lipinski definition) is 2. The molecule has 92 valence electrons. The van der Waals surface area contributed by atoms with Gasteiger partial charge in [-0.05, 0) is 19.4 Å². The van der Waals surface area contributed by atoms with E-state index < -0.39 is 0 Å². The maximum atomic E-state index is 11.1. The Morgan fingerprint density at radius 1 is 1.44 bits per heavy atom. The molecule has 0 bridgehead atoms. The Bertz CT molecular complexity index is 213. The van der Waals surface area contributed by atoms with Crippen molar-refractivity contribution in [2.75, 3.05) is 39.4 Å². The van der Waals surface area contributed by atoms with Crippen LogP contribution >= 0.6 is 0 Å². The smallest absolute Gasteiger partial charge is 0.151 e. The third-order valence-electron chi connectivity index (χ3n) is 3.27. The molecule has 0 saturated carbocycles. The summed E-state index contributed by atoms with van der Waals surface area (Å²) in [4.78, 5) is 13.3. The predicted molar refractivity (Wildman–Crippen MR) is 61.3 cm³/mol. The molecule has 0 aliphatic carbocycles. The minimum absolute atomic E-state index is 0.145. The Hall–Kier alpha value is -0.490. The van der Waals surface area contributed by atoms with Gasteiger partial charge in [-0.25, -0.2) is 0 Å². The Balaban J connectivity index is 1.81. The van der Waals surface area contributed by atoms with Crippen LogP contribution in [0, 0.1) is 0 Å². The van der Waals surface area contributed by atoms with Crippen LogP contribution in [0.1, 0.15) is 12.8 Å². The van der Waals surface area contributed by atoms with Gasteiger partial charge in [0.05, 0.1) is 13.2 Å². The molecular weight excluding hydrogens is 206 g/mol. The van der Waals surface area contributed by atoms with Gasteiger partial charge in [-0.3, -0.25) is 10.2 Å². The van der Waals surface area contributed by atoms with E-state index in [-0.39, 0.29) is 6.17 Å². The summed E-state index contributed by atoms with van der Waals surface area (Å²) in [6.07, 6.45) is 3.21. The number of ether oxygens (including phenoxy) is 1. The summed E-state index contributed by atoms with van der Waals surface area (Å²) in [6, 6.07) is 0.423. The molecule has 2 aliphatic heterocycles. The largest absolute Gasteiger partial charge is 0.379 e. The first-order valence-electron chi connectivity index (χ1n) is 6.14. The molecule has 2 fully saturated rings. The van der Waals surface area contributed by atoms with Gasteiger partial charge in [-0.2, -0.15) is 0 Å². The number of nitrogens with one attached hydrogen (secondary N) is 2. The number of hydrogen-bond acceptors (Lipinski definition) is 5. The fourth-order valence-electron chi connectivity index (χ4n) is 2.32. The molecular formula is C11H21N3O2. The molecule has 2 N–H and O–H groups in total.